The van der Waals surface area contributed by atoms with Gasteiger partial charge in [-0.25, -0.2) is 10.1 Å². The van der Waals surface area contributed by atoms with E-state index in [4.69, 9.17) is 9.84 Å². The standard InChI is InChI=1S/C25H21IN4O2/c1-18-6-5-7-19(14-18)25-20(16-30(29-25)22-8-3-2-4-9-22)15-27-28-24(31)17-32-23-12-10-21(26)11-13-23/h2-16H,17H2,1H3,(H,28,31)/b27-15+. The molecule has 0 saturated heterocycles. The van der Waals surface area contributed by atoms with Gasteiger partial charge in [0.2, 0.25) is 0 Å². The molecule has 4 rings (SSSR count). The number of hydrogen-bond donors (Lipinski definition) is 1. The van der Waals surface area contributed by atoms with Crippen LogP contribution in [-0.2, 0) is 4.79 Å². The van der Waals surface area contributed by atoms with Gasteiger partial charge in [0.15, 0.2) is 6.61 Å². The number of aryl methyl sites for hydroxylation is 1. The van der Waals surface area contributed by atoms with Crippen LogP contribution in [0.25, 0.3) is 16.9 Å². The molecule has 0 aliphatic rings. The third kappa shape index (κ3) is 5.61. The number of halogens is 1. The summed E-state index contributed by atoms with van der Waals surface area (Å²) in [5.74, 6) is 0.294. The van der Waals surface area contributed by atoms with Gasteiger partial charge in [0.25, 0.3) is 5.91 Å². The normalized spacial score (nSPS) is 10.9. The van der Waals surface area contributed by atoms with Crippen molar-refractivity contribution in [3.05, 3.63) is 99.8 Å². The molecule has 0 fully saturated rings. The molecule has 1 N–H and O–H groups in total. The molecule has 0 spiro atoms. The zero-order valence-corrected chi connectivity index (χ0v) is 19.6. The van der Waals surface area contributed by atoms with Gasteiger partial charge in [-0.2, -0.15) is 10.2 Å². The summed E-state index contributed by atoms with van der Waals surface area (Å²) in [5, 5.41) is 8.88. The highest BCUT2D eigenvalue weighted by Crippen LogP contribution is 2.23. The van der Waals surface area contributed by atoms with Gasteiger partial charge < -0.3 is 4.74 Å². The average Bonchev–Trinajstić information content (AvgIpc) is 3.23. The minimum absolute atomic E-state index is 0.119. The second-order valence-electron chi connectivity index (χ2n) is 7.12. The third-order valence-electron chi connectivity index (χ3n) is 4.63. The lowest BCUT2D eigenvalue weighted by molar-refractivity contribution is -0.123. The maximum absolute atomic E-state index is 12.1. The van der Waals surface area contributed by atoms with E-state index in [2.05, 4.69) is 39.2 Å². The van der Waals surface area contributed by atoms with Crippen LogP contribution in [0.4, 0.5) is 0 Å². The molecule has 0 bridgehead atoms. The van der Waals surface area contributed by atoms with Crippen LogP contribution in [0.1, 0.15) is 11.1 Å². The highest BCUT2D eigenvalue weighted by molar-refractivity contribution is 14.1. The van der Waals surface area contributed by atoms with E-state index >= 15 is 0 Å². The van der Waals surface area contributed by atoms with E-state index in [1.165, 1.54) is 0 Å². The Labute approximate surface area is 200 Å². The average molecular weight is 536 g/mol. The fourth-order valence-electron chi connectivity index (χ4n) is 3.10. The number of rotatable bonds is 7. The molecular weight excluding hydrogens is 515 g/mol. The van der Waals surface area contributed by atoms with Gasteiger partial charge >= 0.3 is 0 Å². The minimum Gasteiger partial charge on any atom is -0.484 e. The number of hydrogen-bond acceptors (Lipinski definition) is 4. The molecule has 7 heteroatoms. The lowest BCUT2D eigenvalue weighted by Crippen LogP contribution is -2.24. The van der Waals surface area contributed by atoms with Gasteiger partial charge in [0, 0.05) is 20.9 Å². The van der Waals surface area contributed by atoms with Crippen molar-refractivity contribution in [3.63, 3.8) is 0 Å². The molecular formula is C25H21IN4O2. The van der Waals surface area contributed by atoms with Crippen molar-refractivity contribution in [1.82, 2.24) is 15.2 Å². The third-order valence-corrected chi connectivity index (χ3v) is 5.35. The van der Waals surface area contributed by atoms with E-state index in [0.717, 1.165) is 31.6 Å². The van der Waals surface area contributed by atoms with Crippen molar-refractivity contribution in [2.45, 2.75) is 6.92 Å². The van der Waals surface area contributed by atoms with E-state index in [0.29, 0.717) is 5.75 Å². The Morgan fingerprint density at radius 2 is 1.88 bits per heavy atom. The Bertz CT molecular complexity index is 1230. The summed E-state index contributed by atoms with van der Waals surface area (Å²) in [6, 6.07) is 25.5. The molecule has 0 unspecified atom stereocenters. The van der Waals surface area contributed by atoms with Crippen molar-refractivity contribution >= 4 is 34.7 Å². The Morgan fingerprint density at radius 3 is 2.62 bits per heavy atom. The monoisotopic (exact) mass is 536 g/mol. The summed E-state index contributed by atoms with van der Waals surface area (Å²) >= 11 is 2.22. The number of para-hydroxylation sites is 1. The number of nitrogens with zero attached hydrogens (tertiary/aromatic N) is 3. The lowest BCUT2D eigenvalue weighted by Gasteiger charge is -2.04. The predicted molar refractivity (Wildman–Crippen MR) is 134 cm³/mol. The summed E-state index contributed by atoms with van der Waals surface area (Å²) in [4.78, 5) is 12.1. The molecule has 1 aromatic heterocycles. The van der Waals surface area contributed by atoms with Crippen LogP contribution in [0.3, 0.4) is 0 Å². The highest BCUT2D eigenvalue weighted by Gasteiger charge is 2.11. The van der Waals surface area contributed by atoms with Gasteiger partial charge in [-0.15, -0.1) is 0 Å². The number of ether oxygens (including phenoxy) is 1. The van der Waals surface area contributed by atoms with E-state index in [9.17, 15) is 4.79 Å². The van der Waals surface area contributed by atoms with E-state index < -0.39 is 0 Å². The second kappa shape index (κ2) is 10.2. The first-order chi connectivity index (χ1) is 15.6. The molecule has 1 heterocycles. The molecule has 0 atom stereocenters. The molecule has 0 radical (unpaired) electrons. The number of benzene rings is 3. The first kappa shape index (κ1) is 21.8. The SMILES string of the molecule is Cc1cccc(-c2nn(-c3ccccc3)cc2/C=N/NC(=O)COc2ccc(I)cc2)c1. The van der Waals surface area contributed by atoms with Gasteiger partial charge in [-0.3, -0.25) is 4.79 Å². The van der Waals surface area contributed by atoms with Crippen LogP contribution in [0, 0.1) is 10.5 Å². The molecule has 32 heavy (non-hydrogen) atoms. The summed E-state index contributed by atoms with van der Waals surface area (Å²) in [7, 11) is 0. The summed E-state index contributed by atoms with van der Waals surface area (Å²) in [5.41, 5.74) is 7.15. The van der Waals surface area contributed by atoms with Crippen molar-refractivity contribution in [1.29, 1.82) is 0 Å². The van der Waals surface area contributed by atoms with E-state index in [1.54, 1.807) is 10.9 Å². The van der Waals surface area contributed by atoms with Crippen LogP contribution in [0.2, 0.25) is 0 Å². The molecule has 0 aliphatic heterocycles. The highest BCUT2D eigenvalue weighted by atomic mass is 127. The molecule has 1 amide bonds. The van der Waals surface area contributed by atoms with Crippen molar-refractivity contribution in [2.75, 3.05) is 6.61 Å². The number of carbonyl (C=O) groups is 1. The zero-order valence-electron chi connectivity index (χ0n) is 17.4. The quantitative estimate of drug-likeness (QED) is 0.206. The first-order valence-electron chi connectivity index (χ1n) is 10.0. The summed E-state index contributed by atoms with van der Waals surface area (Å²) < 4.78 is 8.40. The van der Waals surface area contributed by atoms with Crippen LogP contribution in [-0.4, -0.2) is 28.5 Å². The maximum atomic E-state index is 12.1. The van der Waals surface area contributed by atoms with Gasteiger partial charge in [-0.05, 0) is 72.0 Å². The Morgan fingerprint density at radius 1 is 1.09 bits per heavy atom. The van der Waals surface area contributed by atoms with Crippen LogP contribution >= 0.6 is 22.6 Å². The van der Waals surface area contributed by atoms with Crippen molar-refractivity contribution in [2.24, 2.45) is 5.10 Å². The lowest BCUT2D eigenvalue weighted by atomic mass is 10.1. The first-order valence-corrected chi connectivity index (χ1v) is 11.1. The maximum Gasteiger partial charge on any atom is 0.277 e. The largest absolute Gasteiger partial charge is 0.484 e. The molecule has 4 aromatic rings. The predicted octanol–water partition coefficient (Wildman–Crippen LogP) is 4.98. The fourth-order valence-corrected chi connectivity index (χ4v) is 3.46. The summed E-state index contributed by atoms with van der Waals surface area (Å²) in [6.45, 7) is 1.92. The summed E-state index contributed by atoms with van der Waals surface area (Å²) in [6.07, 6.45) is 3.50. The molecule has 0 saturated carbocycles. The number of aromatic nitrogens is 2. The van der Waals surface area contributed by atoms with Crippen LogP contribution in [0.5, 0.6) is 5.75 Å². The number of amides is 1. The van der Waals surface area contributed by atoms with E-state index in [1.807, 2.05) is 85.9 Å². The van der Waals surface area contributed by atoms with Crippen molar-refractivity contribution < 1.29 is 9.53 Å². The Kier molecular flexibility index (Phi) is 6.96. The smallest absolute Gasteiger partial charge is 0.277 e. The number of hydrazone groups is 1. The molecule has 160 valence electrons. The minimum atomic E-state index is -0.340. The van der Waals surface area contributed by atoms with Gasteiger partial charge in [-0.1, -0.05) is 42.0 Å². The number of nitrogens with one attached hydrogen (secondary N) is 1. The zero-order chi connectivity index (χ0) is 22.3. The Balaban J connectivity index is 1.50. The molecule has 0 aliphatic carbocycles. The van der Waals surface area contributed by atoms with E-state index in [-0.39, 0.29) is 12.5 Å². The molecule has 6 nitrogen and oxygen atoms in total. The van der Waals surface area contributed by atoms with Crippen LogP contribution < -0.4 is 10.2 Å². The van der Waals surface area contributed by atoms with Gasteiger partial charge in [0.05, 0.1) is 11.9 Å². The fraction of sp³-hybridized carbons (Fsp3) is 0.0800. The number of carbonyl (C=O) groups excluding carboxylic acids is 1. The van der Waals surface area contributed by atoms with Crippen molar-refractivity contribution in [3.8, 4) is 22.7 Å². The molecule has 3 aromatic carbocycles. The Hall–Kier alpha value is -3.46. The van der Waals surface area contributed by atoms with Gasteiger partial charge in [0.1, 0.15) is 11.4 Å². The van der Waals surface area contributed by atoms with Crippen LogP contribution in [0.15, 0.2) is 90.2 Å². The topological polar surface area (TPSA) is 68.5 Å². The second-order valence-corrected chi connectivity index (χ2v) is 8.36.